The summed E-state index contributed by atoms with van der Waals surface area (Å²) in [5, 5.41) is 5.68. The van der Waals surface area contributed by atoms with E-state index in [4.69, 9.17) is 4.74 Å². The molecule has 0 spiro atoms. The van der Waals surface area contributed by atoms with Gasteiger partial charge in [0.25, 0.3) is 0 Å². The fraction of sp³-hybridized carbons (Fsp3) is 0.600. The van der Waals surface area contributed by atoms with Crippen molar-refractivity contribution in [1.29, 1.82) is 0 Å². The monoisotopic (exact) mass is 377 g/mol. The maximum Gasteiger partial charge on any atom is 0.227 e. The van der Waals surface area contributed by atoms with Gasteiger partial charge in [-0.2, -0.15) is 0 Å². The lowest BCUT2D eigenvalue weighted by Crippen LogP contribution is -2.43. The number of nitrogens with zero attached hydrogens (tertiary/aromatic N) is 1. The van der Waals surface area contributed by atoms with Crippen LogP contribution in [0.5, 0.6) is 0 Å². The summed E-state index contributed by atoms with van der Waals surface area (Å²) in [6.07, 6.45) is 2.70. The molecule has 1 aromatic carbocycles. The summed E-state index contributed by atoms with van der Waals surface area (Å²) in [6.45, 7) is 4.83. The summed E-state index contributed by atoms with van der Waals surface area (Å²) < 4.78 is 19.0. The average Bonchev–Trinajstić information content (AvgIpc) is 2.70. The van der Waals surface area contributed by atoms with Crippen LogP contribution in [0.3, 0.4) is 0 Å². The van der Waals surface area contributed by atoms with Crippen LogP contribution in [0.1, 0.15) is 25.7 Å². The van der Waals surface area contributed by atoms with Crippen LogP contribution in [0, 0.1) is 17.7 Å². The van der Waals surface area contributed by atoms with Gasteiger partial charge in [0, 0.05) is 38.0 Å². The number of rotatable bonds is 6. The molecule has 1 saturated carbocycles. The minimum atomic E-state index is -0.431. The molecule has 2 amide bonds. The second kappa shape index (κ2) is 9.80. The summed E-state index contributed by atoms with van der Waals surface area (Å²) in [7, 11) is 0. The van der Waals surface area contributed by atoms with Crippen molar-refractivity contribution >= 4 is 17.5 Å². The van der Waals surface area contributed by atoms with Crippen LogP contribution in [0.2, 0.25) is 0 Å². The molecule has 0 radical (unpaired) electrons. The Morgan fingerprint density at radius 2 is 1.67 bits per heavy atom. The van der Waals surface area contributed by atoms with E-state index in [1.165, 1.54) is 6.07 Å². The van der Waals surface area contributed by atoms with Gasteiger partial charge < -0.3 is 15.4 Å². The maximum absolute atomic E-state index is 13.7. The van der Waals surface area contributed by atoms with Crippen molar-refractivity contribution < 1.29 is 18.7 Å². The molecule has 2 N–H and O–H groups in total. The highest BCUT2D eigenvalue weighted by Gasteiger charge is 2.30. The third-order valence-corrected chi connectivity index (χ3v) is 5.43. The van der Waals surface area contributed by atoms with Crippen LogP contribution < -0.4 is 10.6 Å². The van der Waals surface area contributed by atoms with Gasteiger partial charge in [0.05, 0.1) is 18.9 Å². The molecule has 0 bridgehead atoms. The highest BCUT2D eigenvalue weighted by Crippen LogP contribution is 2.30. The molecule has 0 aromatic heterocycles. The quantitative estimate of drug-likeness (QED) is 0.796. The third kappa shape index (κ3) is 5.74. The third-order valence-electron chi connectivity index (χ3n) is 5.43. The summed E-state index contributed by atoms with van der Waals surface area (Å²) in [5.74, 6) is -0.712. The zero-order valence-electron chi connectivity index (χ0n) is 15.6. The minimum absolute atomic E-state index is 0.0350. The first-order valence-electron chi connectivity index (χ1n) is 9.76. The largest absolute Gasteiger partial charge is 0.379 e. The van der Waals surface area contributed by atoms with Gasteiger partial charge in [0.1, 0.15) is 5.82 Å². The number of amides is 2. The Bertz CT molecular complexity index is 641. The van der Waals surface area contributed by atoms with E-state index in [1.807, 2.05) is 0 Å². The number of hydrogen-bond donors (Lipinski definition) is 2. The summed E-state index contributed by atoms with van der Waals surface area (Å²) >= 11 is 0. The molecule has 7 heteroatoms. The molecule has 2 fully saturated rings. The number of carbonyl (C=O) groups excluding carboxylic acids is 2. The van der Waals surface area contributed by atoms with Gasteiger partial charge in [-0.25, -0.2) is 4.39 Å². The molecule has 2 aliphatic rings. The van der Waals surface area contributed by atoms with Crippen molar-refractivity contribution in [2.75, 3.05) is 44.7 Å². The van der Waals surface area contributed by atoms with E-state index >= 15 is 0 Å². The molecular formula is C20H28FN3O3. The number of nitrogens with one attached hydrogen (secondary N) is 2. The number of halogens is 1. The first-order valence-corrected chi connectivity index (χ1v) is 9.76. The van der Waals surface area contributed by atoms with Crippen LogP contribution in [-0.2, 0) is 14.3 Å². The van der Waals surface area contributed by atoms with Crippen molar-refractivity contribution in [3.8, 4) is 0 Å². The standard InChI is InChI=1S/C20H28FN3O3/c21-17-3-1-2-4-18(17)23-20(26)16-7-5-15(6-8-16)19(25)22-9-10-24-11-13-27-14-12-24/h1-4,15-16H,5-14H2,(H,22,25)(H,23,26). The summed E-state index contributed by atoms with van der Waals surface area (Å²) in [5.41, 5.74) is 0.213. The zero-order valence-corrected chi connectivity index (χ0v) is 15.6. The maximum atomic E-state index is 13.7. The molecule has 0 unspecified atom stereocenters. The van der Waals surface area contributed by atoms with Crippen molar-refractivity contribution in [2.24, 2.45) is 11.8 Å². The van der Waals surface area contributed by atoms with E-state index in [2.05, 4.69) is 15.5 Å². The number of hydrogen-bond acceptors (Lipinski definition) is 4. The molecule has 27 heavy (non-hydrogen) atoms. The number of carbonyl (C=O) groups is 2. The second-order valence-electron chi connectivity index (χ2n) is 7.26. The van der Waals surface area contributed by atoms with Gasteiger partial charge in [0.15, 0.2) is 0 Å². The molecular weight excluding hydrogens is 349 g/mol. The SMILES string of the molecule is O=C(NCCN1CCOCC1)C1CCC(C(=O)Nc2ccccc2F)CC1. The van der Waals surface area contributed by atoms with E-state index < -0.39 is 5.82 Å². The molecule has 3 rings (SSSR count). The van der Waals surface area contributed by atoms with Gasteiger partial charge in [-0.05, 0) is 37.8 Å². The summed E-state index contributed by atoms with van der Waals surface area (Å²) in [4.78, 5) is 27.0. The molecule has 148 valence electrons. The van der Waals surface area contributed by atoms with Crippen LogP contribution in [0.4, 0.5) is 10.1 Å². The Balaban J connectivity index is 1.37. The van der Waals surface area contributed by atoms with Gasteiger partial charge in [-0.15, -0.1) is 0 Å². The topological polar surface area (TPSA) is 70.7 Å². The lowest BCUT2D eigenvalue weighted by Gasteiger charge is -2.28. The Morgan fingerprint density at radius 1 is 1.04 bits per heavy atom. The van der Waals surface area contributed by atoms with Crippen molar-refractivity contribution in [1.82, 2.24) is 10.2 Å². The smallest absolute Gasteiger partial charge is 0.227 e. The van der Waals surface area contributed by atoms with E-state index in [-0.39, 0.29) is 29.3 Å². The normalized spacial score (nSPS) is 23.6. The highest BCUT2D eigenvalue weighted by molar-refractivity contribution is 5.92. The van der Waals surface area contributed by atoms with Crippen LogP contribution in [-0.4, -0.2) is 56.1 Å². The zero-order chi connectivity index (χ0) is 19.1. The fourth-order valence-electron chi connectivity index (χ4n) is 3.72. The number of benzene rings is 1. The van der Waals surface area contributed by atoms with E-state index in [1.54, 1.807) is 18.2 Å². The molecule has 6 nitrogen and oxygen atoms in total. The van der Waals surface area contributed by atoms with Crippen LogP contribution in [0.25, 0.3) is 0 Å². The van der Waals surface area contributed by atoms with E-state index in [0.717, 1.165) is 32.8 Å². The number of para-hydroxylation sites is 1. The van der Waals surface area contributed by atoms with E-state index in [9.17, 15) is 14.0 Å². The molecule has 1 heterocycles. The molecule has 1 aliphatic heterocycles. The lowest BCUT2D eigenvalue weighted by atomic mass is 9.81. The fourth-order valence-corrected chi connectivity index (χ4v) is 3.72. The van der Waals surface area contributed by atoms with E-state index in [0.29, 0.717) is 32.2 Å². The minimum Gasteiger partial charge on any atom is -0.379 e. The Labute approximate surface area is 159 Å². The first kappa shape index (κ1) is 19.8. The van der Waals surface area contributed by atoms with Crippen LogP contribution in [0.15, 0.2) is 24.3 Å². The second-order valence-corrected chi connectivity index (χ2v) is 7.26. The molecule has 0 atom stereocenters. The molecule has 1 aromatic rings. The average molecular weight is 377 g/mol. The first-order chi connectivity index (χ1) is 13.1. The van der Waals surface area contributed by atoms with Gasteiger partial charge >= 0.3 is 0 Å². The molecule has 1 saturated heterocycles. The molecule has 1 aliphatic carbocycles. The van der Waals surface area contributed by atoms with Gasteiger partial charge in [0.2, 0.25) is 11.8 Å². The number of ether oxygens (including phenoxy) is 1. The number of anilines is 1. The van der Waals surface area contributed by atoms with Gasteiger partial charge in [-0.3, -0.25) is 14.5 Å². The van der Waals surface area contributed by atoms with Crippen LogP contribution >= 0.6 is 0 Å². The van der Waals surface area contributed by atoms with Crippen molar-refractivity contribution in [3.05, 3.63) is 30.1 Å². The summed E-state index contributed by atoms with van der Waals surface area (Å²) in [6, 6.07) is 6.17. The lowest BCUT2D eigenvalue weighted by molar-refractivity contribution is -0.128. The predicted molar refractivity (Wildman–Crippen MR) is 101 cm³/mol. The Hall–Kier alpha value is -1.99. The highest BCUT2D eigenvalue weighted by atomic mass is 19.1. The Morgan fingerprint density at radius 3 is 2.33 bits per heavy atom. The van der Waals surface area contributed by atoms with Gasteiger partial charge in [-0.1, -0.05) is 12.1 Å². The van der Waals surface area contributed by atoms with Crippen molar-refractivity contribution in [3.63, 3.8) is 0 Å². The predicted octanol–water partition coefficient (Wildman–Crippen LogP) is 2.02. The number of morpholine rings is 1. The Kier molecular flexibility index (Phi) is 7.18. The van der Waals surface area contributed by atoms with Crippen molar-refractivity contribution in [2.45, 2.75) is 25.7 Å².